The summed E-state index contributed by atoms with van der Waals surface area (Å²) in [5, 5.41) is 7.71. The predicted molar refractivity (Wildman–Crippen MR) is 150 cm³/mol. The van der Waals surface area contributed by atoms with E-state index >= 15 is 0 Å². The van der Waals surface area contributed by atoms with Gasteiger partial charge in [0.05, 0.1) is 25.6 Å². The summed E-state index contributed by atoms with van der Waals surface area (Å²) in [5.41, 5.74) is 2.61. The molecular formula is C28H34N6O5S. The quantitative estimate of drug-likeness (QED) is 0.260. The molecule has 4 rings (SSSR count). The van der Waals surface area contributed by atoms with Gasteiger partial charge in [0.25, 0.3) is 0 Å². The largest absolute Gasteiger partial charge is 0.494 e. The maximum atomic E-state index is 14.0. The first kappa shape index (κ1) is 29.1. The second kappa shape index (κ2) is 12.1. The number of sulfone groups is 1. The number of rotatable bonds is 11. The molecule has 0 aliphatic rings. The predicted octanol–water partition coefficient (Wildman–Crippen LogP) is 4.22. The Kier molecular flexibility index (Phi) is 8.79. The molecule has 0 spiro atoms. The highest BCUT2D eigenvalue weighted by Crippen LogP contribution is 2.37. The zero-order chi connectivity index (χ0) is 29.0. The van der Waals surface area contributed by atoms with Crippen LogP contribution in [0.25, 0.3) is 17.2 Å². The molecule has 1 aromatic carbocycles. The van der Waals surface area contributed by atoms with Crippen LogP contribution in [0.5, 0.6) is 11.5 Å². The topological polar surface area (TPSA) is 131 Å². The van der Waals surface area contributed by atoms with Crippen molar-refractivity contribution >= 4 is 9.84 Å². The number of aryl methyl sites for hydroxylation is 2. The van der Waals surface area contributed by atoms with Gasteiger partial charge in [0, 0.05) is 18.1 Å². The van der Waals surface area contributed by atoms with E-state index in [1.807, 2.05) is 39.8 Å². The van der Waals surface area contributed by atoms with Crippen LogP contribution in [0.3, 0.4) is 0 Å². The van der Waals surface area contributed by atoms with E-state index in [0.29, 0.717) is 34.5 Å². The Morgan fingerprint density at radius 2 is 1.52 bits per heavy atom. The fourth-order valence-corrected chi connectivity index (χ4v) is 5.63. The van der Waals surface area contributed by atoms with Gasteiger partial charge >= 0.3 is 0 Å². The monoisotopic (exact) mass is 566 g/mol. The van der Waals surface area contributed by atoms with Gasteiger partial charge in [-0.1, -0.05) is 12.1 Å². The van der Waals surface area contributed by atoms with Gasteiger partial charge in [-0.2, -0.15) is 0 Å². The maximum absolute atomic E-state index is 14.0. The Bertz CT molecular complexity index is 1550. The highest BCUT2D eigenvalue weighted by atomic mass is 32.2. The number of nitrogens with zero attached hydrogens (tertiary/aromatic N) is 6. The molecule has 11 nitrogen and oxygen atoms in total. The van der Waals surface area contributed by atoms with E-state index in [0.717, 1.165) is 11.3 Å². The lowest BCUT2D eigenvalue weighted by atomic mass is 10.2. The number of aromatic nitrogens is 6. The van der Waals surface area contributed by atoms with Crippen molar-refractivity contribution in [1.82, 2.24) is 29.7 Å². The summed E-state index contributed by atoms with van der Waals surface area (Å²) in [6.45, 7) is 9.00. The van der Waals surface area contributed by atoms with Crippen LogP contribution in [0.4, 0.5) is 0 Å². The molecule has 40 heavy (non-hydrogen) atoms. The van der Waals surface area contributed by atoms with Gasteiger partial charge in [-0.25, -0.2) is 23.4 Å². The van der Waals surface area contributed by atoms with Crippen molar-refractivity contribution in [3.05, 3.63) is 71.7 Å². The van der Waals surface area contributed by atoms with E-state index < -0.39 is 26.9 Å². The highest BCUT2D eigenvalue weighted by molar-refractivity contribution is 7.91. The molecule has 2 atom stereocenters. The molecule has 0 aliphatic heterocycles. The van der Waals surface area contributed by atoms with Crippen molar-refractivity contribution in [1.29, 1.82) is 0 Å². The summed E-state index contributed by atoms with van der Waals surface area (Å²) in [4.78, 5) is 13.3. The van der Waals surface area contributed by atoms with Crippen molar-refractivity contribution in [2.45, 2.75) is 57.8 Å². The Labute approximate surface area is 234 Å². The number of benzene rings is 1. The summed E-state index contributed by atoms with van der Waals surface area (Å²) in [7, 11) is -0.836. The molecule has 0 aliphatic carbocycles. The Balaban J connectivity index is 1.85. The van der Waals surface area contributed by atoms with Crippen molar-refractivity contribution in [2.24, 2.45) is 0 Å². The first-order valence-electron chi connectivity index (χ1n) is 12.8. The van der Waals surface area contributed by atoms with E-state index in [2.05, 4.69) is 25.1 Å². The number of methoxy groups -OCH3 is 2. The Morgan fingerprint density at radius 3 is 2.10 bits per heavy atom. The van der Waals surface area contributed by atoms with Crippen LogP contribution in [-0.4, -0.2) is 63.7 Å². The lowest BCUT2D eigenvalue weighted by Gasteiger charge is -2.25. The lowest BCUT2D eigenvalue weighted by molar-refractivity contribution is 0.00141. The third-order valence-electron chi connectivity index (χ3n) is 6.27. The summed E-state index contributed by atoms with van der Waals surface area (Å²) >= 11 is 0. The fraction of sp³-hybridized carbons (Fsp3) is 0.393. The summed E-state index contributed by atoms with van der Waals surface area (Å²) < 4.78 is 46.9. The molecular weight excluding hydrogens is 532 g/mol. The zero-order valence-electron chi connectivity index (χ0n) is 23.7. The van der Waals surface area contributed by atoms with Crippen LogP contribution >= 0.6 is 0 Å². The summed E-state index contributed by atoms with van der Waals surface area (Å²) in [5.74, 6) is 1.27. The molecule has 0 amide bonds. The molecule has 0 fully saturated rings. The smallest absolute Gasteiger partial charge is 0.187 e. The van der Waals surface area contributed by atoms with Gasteiger partial charge < -0.3 is 14.2 Å². The van der Waals surface area contributed by atoms with Crippen LogP contribution in [0, 0.1) is 13.8 Å². The molecule has 0 radical (unpaired) electrons. The Hall–Kier alpha value is -3.90. The lowest BCUT2D eigenvalue weighted by Crippen LogP contribution is -2.32. The number of hydrogen-bond acceptors (Lipinski definition) is 10. The SMILES string of the molecule is COc1cccc(OC)c1-n1c(CS(=O)(=O)[C@@H](C)[C@@H](OC(C)C)c2ncc(C)cn2)nnc1-c1cccc(C)n1. The molecule has 0 saturated heterocycles. The van der Waals surface area contributed by atoms with Gasteiger partial charge in [-0.3, -0.25) is 4.57 Å². The minimum absolute atomic E-state index is 0.168. The molecule has 0 N–H and O–H groups in total. The minimum Gasteiger partial charge on any atom is -0.494 e. The third-order valence-corrected chi connectivity index (χ3v) is 8.31. The molecule has 4 aromatic rings. The number of hydrogen-bond donors (Lipinski definition) is 0. The fourth-order valence-electron chi connectivity index (χ4n) is 4.25. The third kappa shape index (κ3) is 6.13. The average molecular weight is 567 g/mol. The molecule has 3 heterocycles. The minimum atomic E-state index is -3.89. The molecule has 212 valence electrons. The summed E-state index contributed by atoms with van der Waals surface area (Å²) in [6.07, 6.45) is 2.14. The number of pyridine rings is 1. The van der Waals surface area contributed by atoms with Crippen molar-refractivity contribution in [3.8, 4) is 28.7 Å². The highest BCUT2D eigenvalue weighted by Gasteiger charge is 2.36. The second-order valence-electron chi connectivity index (χ2n) is 9.69. The number of para-hydroxylation sites is 1. The van der Waals surface area contributed by atoms with Gasteiger partial charge in [0.1, 0.15) is 34.7 Å². The first-order valence-corrected chi connectivity index (χ1v) is 14.5. The Morgan fingerprint density at radius 1 is 0.900 bits per heavy atom. The summed E-state index contributed by atoms with van der Waals surface area (Å²) in [6, 6.07) is 10.8. The van der Waals surface area contributed by atoms with Crippen molar-refractivity contribution < 1.29 is 22.6 Å². The molecule has 12 heteroatoms. The van der Waals surface area contributed by atoms with E-state index in [1.165, 1.54) is 14.2 Å². The molecule has 0 bridgehead atoms. The van der Waals surface area contributed by atoms with Gasteiger partial charge in [0.2, 0.25) is 0 Å². The van der Waals surface area contributed by atoms with Crippen LogP contribution in [-0.2, 0) is 20.3 Å². The normalized spacial score (nSPS) is 13.3. The number of ether oxygens (including phenoxy) is 3. The second-order valence-corrected chi connectivity index (χ2v) is 12.0. The van der Waals surface area contributed by atoms with E-state index in [4.69, 9.17) is 14.2 Å². The van der Waals surface area contributed by atoms with Crippen LogP contribution in [0.15, 0.2) is 48.8 Å². The molecule has 0 saturated carbocycles. The molecule has 3 aromatic heterocycles. The van der Waals surface area contributed by atoms with Crippen LogP contribution in [0.2, 0.25) is 0 Å². The average Bonchev–Trinajstić information content (AvgIpc) is 3.33. The van der Waals surface area contributed by atoms with Gasteiger partial charge in [0.15, 0.2) is 27.3 Å². The van der Waals surface area contributed by atoms with E-state index in [-0.39, 0.29) is 11.9 Å². The van der Waals surface area contributed by atoms with Crippen molar-refractivity contribution in [3.63, 3.8) is 0 Å². The standard InChI is InChI=1S/C28H34N6O5S/c1-17(2)39-26(27-29-14-18(3)15-30-27)20(5)40(35,36)16-24-32-33-28(21-11-8-10-19(4)31-21)34(24)25-22(37-6)12-9-13-23(25)38-7/h8-15,17,20,26H,16H2,1-7H3/t20-,26+/m0/s1. The van der Waals surface area contributed by atoms with E-state index in [1.54, 1.807) is 48.1 Å². The van der Waals surface area contributed by atoms with E-state index in [9.17, 15) is 8.42 Å². The van der Waals surface area contributed by atoms with Gasteiger partial charge in [-0.05, 0) is 64.4 Å². The zero-order valence-corrected chi connectivity index (χ0v) is 24.5. The maximum Gasteiger partial charge on any atom is 0.187 e. The first-order chi connectivity index (χ1) is 19.1. The van der Waals surface area contributed by atoms with Crippen LogP contribution in [0.1, 0.15) is 49.8 Å². The van der Waals surface area contributed by atoms with Crippen molar-refractivity contribution in [2.75, 3.05) is 14.2 Å². The van der Waals surface area contributed by atoms with Gasteiger partial charge in [-0.15, -0.1) is 10.2 Å². The van der Waals surface area contributed by atoms with Crippen LogP contribution < -0.4 is 9.47 Å². The molecule has 0 unspecified atom stereocenters.